The fourth-order valence-electron chi connectivity index (χ4n) is 3.37. The third-order valence-electron chi connectivity index (χ3n) is 5.00. The van der Waals surface area contributed by atoms with E-state index in [-0.39, 0.29) is 26.0 Å². The molecule has 1 aromatic carbocycles. The first-order chi connectivity index (χ1) is 13.7. The summed E-state index contributed by atoms with van der Waals surface area (Å²) in [5, 5.41) is 30.4. The molecule has 1 aliphatic rings. The van der Waals surface area contributed by atoms with Crippen molar-refractivity contribution in [1.82, 2.24) is 10.2 Å². The van der Waals surface area contributed by atoms with E-state index in [4.69, 9.17) is 10.00 Å². The molecule has 3 N–H and O–H groups in total. The molecule has 1 fully saturated rings. The van der Waals surface area contributed by atoms with Gasteiger partial charge in [-0.2, -0.15) is 5.26 Å². The van der Waals surface area contributed by atoms with Gasteiger partial charge >= 0.3 is 13.2 Å². The van der Waals surface area contributed by atoms with Gasteiger partial charge < -0.3 is 25.0 Å². The fourth-order valence-corrected chi connectivity index (χ4v) is 3.37. The van der Waals surface area contributed by atoms with Crippen molar-refractivity contribution in [3.8, 4) is 6.07 Å². The molecule has 1 saturated heterocycles. The highest BCUT2D eigenvalue weighted by atomic mass is 19.1. The van der Waals surface area contributed by atoms with Crippen LogP contribution in [0.1, 0.15) is 25.8 Å². The Balaban J connectivity index is 1.98. The third kappa shape index (κ3) is 5.92. The van der Waals surface area contributed by atoms with Gasteiger partial charge in [-0.05, 0) is 25.8 Å². The monoisotopic (exact) mass is 405 g/mol. The molecule has 4 atom stereocenters. The van der Waals surface area contributed by atoms with Gasteiger partial charge in [0.1, 0.15) is 18.7 Å². The van der Waals surface area contributed by atoms with Gasteiger partial charge in [-0.1, -0.05) is 30.3 Å². The molecular formula is C19H25BFN3O5. The maximum absolute atomic E-state index is 14.0. The second-order valence-electron chi connectivity index (χ2n) is 7.53. The number of rotatable bonds is 7. The predicted molar refractivity (Wildman–Crippen MR) is 103 cm³/mol. The van der Waals surface area contributed by atoms with Crippen LogP contribution in [-0.2, 0) is 16.0 Å². The van der Waals surface area contributed by atoms with Crippen LogP contribution in [0.3, 0.4) is 0 Å². The summed E-state index contributed by atoms with van der Waals surface area (Å²) in [5.41, 5.74) is -0.303. The number of amides is 2. The third-order valence-corrected chi connectivity index (χ3v) is 5.00. The standard InChI is InChI=1S/C19H25BFN3O5/c1-13(10-22)17(25)24-11-15(21)9-19(24,2)12-29-18(26)23-16(20(27)28)8-14-6-4-3-5-7-14/h3-7,13,15-16,27-28H,8-9,11-12H2,1-2H3,(H,23,26)/t13?,15-,16-,19+/m0/s1. The number of alkyl halides is 1. The second-order valence-corrected chi connectivity index (χ2v) is 7.53. The summed E-state index contributed by atoms with van der Waals surface area (Å²) in [6.07, 6.45) is -2.06. The highest BCUT2D eigenvalue weighted by Crippen LogP contribution is 2.32. The zero-order chi connectivity index (χ0) is 21.6. The Morgan fingerprint density at radius 1 is 1.45 bits per heavy atom. The lowest BCUT2D eigenvalue weighted by atomic mass is 9.76. The van der Waals surface area contributed by atoms with Gasteiger partial charge in [0.15, 0.2) is 0 Å². The molecule has 156 valence electrons. The zero-order valence-corrected chi connectivity index (χ0v) is 16.4. The van der Waals surface area contributed by atoms with E-state index in [0.29, 0.717) is 0 Å². The fraction of sp³-hybridized carbons (Fsp3) is 0.526. The number of likely N-dealkylation sites (tertiary alicyclic amines) is 1. The van der Waals surface area contributed by atoms with Crippen molar-refractivity contribution in [1.29, 1.82) is 5.26 Å². The minimum atomic E-state index is -1.81. The van der Waals surface area contributed by atoms with Gasteiger partial charge in [0.2, 0.25) is 5.91 Å². The lowest BCUT2D eigenvalue weighted by Crippen LogP contribution is -2.52. The van der Waals surface area contributed by atoms with Gasteiger partial charge in [0.05, 0.1) is 24.1 Å². The van der Waals surface area contributed by atoms with E-state index in [1.165, 1.54) is 11.8 Å². The lowest BCUT2D eigenvalue weighted by molar-refractivity contribution is -0.138. The van der Waals surface area contributed by atoms with Crippen molar-refractivity contribution in [3.63, 3.8) is 0 Å². The molecule has 2 rings (SSSR count). The van der Waals surface area contributed by atoms with E-state index in [9.17, 15) is 24.0 Å². The smallest absolute Gasteiger partial charge is 0.447 e. The number of carbonyl (C=O) groups excluding carboxylic acids is 2. The van der Waals surface area contributed by atoms with Crippen LogP contribution in [0, 0.1) is 17.2 Å². The molecule has 1 unspecified atom stereocenters. The molecule has 0 bridgehead atoms. The van der Waals surface area contributed by atoms with Crippen molar-refractivity contribution in [2.45, 2.75) is 44.3 Å². The van der Waals surface area contributed by atoms with Gasteiger partial charge in [0.25, 0.3) is 0 Å². The van der Waals surface area contributed by atoms with Gasteiger partial charge in [-0.15, -0.1) is 0 Å². The predicted octanol–water partition coefficient (Wildman–Crippen LogP) is 0.825. The first-order valence-corrected chi connectivity index (χ1v) is 9.35. The highest BCUT2D eigenvalue weighted by Gasteiger charge is 2.47. The molecule has 0 radical (unpaired) electrons. The molecule has 0 aromatic heterocycles. The highest BCUT2D eigenvalue weighted by molar-refractivity contribution is 6.43. The van der Waals surface area contributed by atoms with Crippen molar-refractivity contribution in [2.75, 3.05) is 13.2 Å². The normalized spacial score (nSPS) is 23.0. The number of alkyl carbamates (subject to hydrolysis) is 1. The number of nitrogens with one attached hydrogen (secondary N) is 1. The van der Waals surface area contributed by atoms with Gasteiger partial charge in [-0.25, -0.2) is 9.18 Å². The van der Waals surface area contributed by atoms with Gasteiger partial charge in [-0.3, -0.25) is 4.79 Å². The average Bonchev–Trinajstić information content (AvgIpc) is 3.00. The molecule has 29 heavy (non-hydrogen) atoms. The Kier molecular flexibility index (Phi) is 7.59. The molecule has 2 amide bonds. The zero-order valence-electron chi connectivity index (χ0n) is 16.4. The number of carbonyl (C=O) groups is 2. The van der Waals surface area contributed by atoms with Crippen LogP contribution in [0.5, 0.6) is 0 Å². The van der Waals surface area contributed by atoms with Crippen molar-refractivity contribution in [3.05, 3.63) is 35.9 Å². The summed E-state index contributed by atoms with van der Waals surface area (Å²) >= 11 is 0. The summed E-state index contributed by atoms with van der Waals surface area (Å²) in [4.78, 5) is 25.8. The molecule has 10 heteroatoms. The molecule has 0 saturated carbocycles. The van der Waals surface area contributed by atoms with Crippen LogP contribution in [-0.4, -0.2) is 64.9 Å². The quantitative estimate of drug-likeness (QED) is 0.578. The van der Waals surface area contributed by atoms with E-state index in [1.807, 2.05) is 12.1 Å². The summed E-state index contributed by atoms with van der Waals surface area (Å²) < 4.78 is 19.2. The van der Waals surface area contributed by atoms with Crippen LogP contribution in [0.2, 0.25) is 0 Å². The topological polar surface area (TPSA) is 123 Å². The first-order valence-electron chi connectivity index (χ1n) is 9.35. The van der Waals surface area contributed by atoms with Crippen molar-refractivity contribution >= 4 is 19.1 Å². The van der Waals surface area contributed by atoms with Gasteiger partial charge in [0, 0.05) is 6.42 Å². The maximum atomic E-state index is 14.0. The largest absolute Gasteiger partial charge is 0.475 e. The number of hydrogen-bond donors (Lipinski definition) is 3. The number of nitrogens with zero attached hydrogens (tertiary/aromatic N) is 2. The van der Waals surface area contributed by atoms with Crippen LogP contribution >= 0.6 is 0 Å². The van der Waals surface area contributed by atoms with E-state index in [0.717, 1.165) is 5.56 Å². The molecule has 1 aliphatic heterocycles. The number of ether oxygens (including phenoxy) is 1. The SMILES string of the molecule is CC(C#N)C(=O)N1C[C@@H](F)C[C@]1(C)COC(=O)N[C@@H](Cc1ccccc1)B(O)O. The second kappa shape index (κ2) is 9.72. The molecular weight excluding hydrogens is 380 g/mol. The molecule has 8 nitrogen and oxygen atoms in total. The lowest BCUT2D eigenvalue weighted by Gasteiger charge is -2.35. The summed E-state index contributed by atoms with van der Waals surface area (Å²) in [7, 11) is -1.81. The minimum absolute atomic E-state index is 0.0275. The Bertz CT molecular complexity index is 760. The van der Waals surface area contributed by atoms with E-state index < -0.39 is 42.7 Å². The maximum Gasteiger partial charge on any atom is 0.475 e. The van der Waals surface area contributed by atoms with Crippen molar-refractivity contribution in [2.24, 2.45) is 5.92 Å². The van der Waals surface area contributed by atoms with Crippen LogP contribution in [0.4, 0.5) is 9.18 Å². The Morgan fingerprint density at radius 2 is 2.10 bits per heavy atom. The van der Waals surface area contributed by atoms with Crippen molar-refractivity contribution < 1.29 is 28.8 Å². The summed E-state index contributed by atoms with van der Waals surface area (Å²) in [6, 6.07) is 10.8. The van der Waals surface area contributed by atoms with Crippen LogP contribution in [0.25, 0.3) is 0 Å². The summed E-state index contributed by atoms with van der Waals surface area (Å²) in [6.45, 7) is 2.56. The molecule has 0 aliphatic carbocycles. The molecule has 0 spiro atoms. The van der Waals surface area contributed by atoms with E-state index in [1.54, 1.807) is 31.2 Å². The number of halogens is 1. The van der Waals surface area contributed by atoms with Crippen LogP contribution in [0.15, 0.2) is 30.3 Å². The van der Waals surface area contributed by atoms with E-state index >= 15 is 0 Å². The first kappa shape index (κ1) is 22.7. The number of hydrogen-bond acceptors (Lipinski definition) is 6. The number of nitriles is 1. The van der Waals surface area contributed by atoms with E-state index in [2.05, 4.69) is 5.32 Å². The Hall–Kier alpha value is -2.64. The minimum Gasteiger partial charge on any atom is -0.447 e. The molecule has 1 heterocycles. The Labute approximate surface area is 169 Å². The average molecular weight is 405 g/mol. The Morgan fingerprint density at radius 3 is 2.69 bits per heavy atom. The molecule has 1 aromatic rings. The summed E-state index contributed by atoms with van der Waals surface area (Å²) in [5.74, 6) is -2.47. The number of benzene rings is 1. The van der Waals surface area contributed by atoms with Crippen LogP contribution < -0.4 is 5.32 Å².